The van der Waals surface area contributed by atoms with Gasteiger partial charge in [-0.3, -0.25) is 4.79 Å². The van der Waals surface area contributed by atoms with Crippen LogP contribution in [0.25, 0.3) is 0 Å². The molecule has 0 heterocycles. The Hall–Kier alpha value is -1.89. The summed E-state index contributed by atoms with van der Waals surface area (Å²) in [4.78, 5) is 11.5. The smallest absolute Gasteiger partial charge is 0.221 e. The van der Waals surface area contributed by atoms with Gasteiger partial charge in [-0.15, -0.1) is 0 Å². The molecule has 1 aromatic carbocycles. The molecule has 0 aromatic heterocycles. The first kappa shape index (κ1) is 13.2. The maximum atomic E-state index is 13.4. The highest BCUT2D eigenvalue weighted by atomic mass is 19.1. The number of amides is 1. The van der Waals surface area contributed by atoms with E-state index in [0.29, 0.717) is 6.42 Å². The first-order chi connectivity index (χ1) is 8.04. The van der Waals surface area contributed by atoms with Crippen LogP contribution in [0.1, 0.15) is 31.9 Å². The molecule has 0 spiro atoms. The van der Waals surface area contributed by atoms with Gasteiger partial charge in [0.05, 0.1) is 6.07 Å². The highest BCUT2D eigenvalue weighted by molar-refractivity contribution is 5.77. The van der Waals surface area contributed by atoms with Gasteiger partial charge < -0.3 is 5.32 Å². The van der Waals surface area contributed by atoms with E-state index >= 15 is 0 Å². The maximum absolute atomic E-state index is 13.4. The lowest BCUT2D eigenvalue weighted by Gasteiger charge is -2.13. The van der Waals surface area contributed by atoms with Crippen molar-refractivity contribution >= 4 is 5.91 Å². The summed E-state index contributed by atoms with van der Waals surface area (Å²) in [5.74, 6) is -0.520. The van der Waals surface area contributed by atoms with E-state index in [2.05, 4.69) is 5.32 Å². The number of rotatable bonds is 4. The summed E-state index contributed by atoms with van der Waals surface area (Å²) in [6, 6.07) is 6.92. The summed E-state index contributed by atoms with van der Waals surface area (Å²) in [6.07, 6.45) is 0.326. The van der Waals surface area contributed by atoms with Crippen molar-refractivity contribution in [3.05, 3.63) is 35.6 Å². The van der Waals surface area contributed by atoms with Gasteiger partial charge in [0.25, 0.3) is 0 Å². The monoisotopic (exact) mass is 234 g/mol. The van der Waals surface area contributed by atoms with E-state index in [9.17, 15) is 9.18 Å². The quantitative estimate of drug-likeness (QED) is 0.870. The number of carbonyl (C=O) groups excluding carboxylic acids is 1. The Bertz CT molecular complexity index is 437. The SMILES string of the molecule is CC(C)CC(=O)NC(C#N)c1ccccc1F. The van der Waals surface area contributed by atoms with Crippen molar-refractivity contribution in [2.45, 2.75) is 26.3 Å². The fourth-order valence-electron chi connectivity index (χ4n) is 1.48. The third kappa shape index (κ3) is 3.87. The predicted octanol–water partition coefficient (Wildman–Crippen LogP) is 2.55. The third-order valence-electron chi connectivity index (χ3n) is 2.24. The summed E-state index contributed by atoms with van der Waals surface area (Å²) in [5, 5.41) is 11.5. The van der Waals surface area contributed by atoms with E-state index in [4.69, 9.17) is 5.26 Å². The zero-order chi connectivity index (χ0) is 12.8. The molecule has 1 rings (SSSR count). The van der Waals surface area contributed by atoms with Crippen molar-refractivity contribution in [3.63, 3.8) is 0 Å². The molecule has 0 radical (unpaired) electrons. The van der Waals surface area contributed by atoms with E-state index in [1.54, 1.807) is 12.1 Å². The Kier molecular flexibility index (Phi) is 4.65. The lowest BCUT2D eigenvalue weighted by molar-refractivity contribution is -0.122. The summed E-state index contributed by atoms with van der Waals surface area (Å²) in [5.41, 5.74) is 0.201. The van der Waals surface area contributed by atoms with Crippen LogP contribution in [0.15, 0.2) is 24.3 Å². The molecule has 17 heavy (non-hydrogen) atoms. The molecule has 0 aliphatic rings. The minimum Gasteiger partial charge on any atom is -0.337 e. The molecule has 1 unspecified atom stereocenters. The number of hydrogen-bond donors (Lipinski definition) is 1. The first-order valence-corrected chi connectivity index (χ1v) is 5.48. The van der Waals surface area contributed by atoms with Gasteiger partial charge in [-0.05, 0) is 12.0 Å². The molecule has 0 bridgehead atoms. The van der Waals surface area contributed by atoms with Gasteiger partial charge in [-0.2, -0.15) is 5.26 Å². The molecule has 1 amide bonds. The van der Waals surface area contributed by atoms with E-state index < -0.39 is 11.9 Å². The summed E-state index contributed by atoms with van der Waals surface area (Å²) in [6.45, 7) is 3.81. The minimum atomic E-state index is -0.928. The van der Waals surface area contributed by atoms with E-state index in [0.717, 1.165) is 0 Å². The van der Waals surface area contributed by atoms with Crippen LogP contribution in [-0.2, 0) is 4.79 Å². The zero-order valence-corrected chi connectivity index (χ0v) is 9.90. The second-order valence-electron chi connectivity index (χ2n) is 4.25. The standard InChI is InChI=1S/C13H15FN2O/c1-9(2)7-13(17)16-12(8-15)10-5-3-4-6-11(10)14/h3-6,9,12H,7H2,1-2H3,(H,16,17). The van der Waals surface area contributed by atoms with Crippen LogP contribution in [0.5, 0.6) is 0 Å². The number of halogens is 1. The van der Waals surface area contributed by atoms with Crippen molar-refractivity contribution in [3.8, 4) is 6.07 Å². The highest BCUT2D eigenvalue weighted by Crippen LogP contribution is 2.16. The van der Waals surface area contributed by atoms with Gasteiger partial charge in [0.15, 0.2) is 0 Å². The molecule has 90 valence electrons. The second-order valence-corrected chi connectivity index (χ2v) is 4.25. The molecule has 1 N–H and O–H groups in total. The molecule has 1 atom stereocenters. The first-order valence-electron chi connectivity index (χ1n) is 5.48. The number of carbonyl (C=O) groups is 1. The Morgan fingerprint density at radius 1 is 1.47 bits per heavy atom. The molecule has 4 heteroatoms. The van der Waals surface area contributed by atoms with Gasteiger partial charge in [-0.25, -0.2) is 4.39 Å². The van der Waals surface area contributed by atoms with Crippen LogP contribution in [0.4, 0.5) is 4.39 Å². The normalized spacial score (nSPS) is 11.9. The second kappa shape index (κ2) is 6.00. The Labute approximate surface area is 100 Å². The van der Waals surface area contributed by atoms with Crippen molar-refractivity contribution in [1.82, 2.24) is 5.32 Å². The van der Waals surface area contributed by atoms with Gasteiger partial charge >= 0.3 is 0 Å². The van der Waals surface area contributed by atoms with Crippen LogP contribution >= 0.6 is 0 Å². The van der Waals surface area contributed by atoms with Crippen LogP contribution in [-0.4, -0.2) is 5.91 Å². The Morgan fingerprint density at radius 2 is 2.12 bits per heavy atom. The van der Waals surface area contributed by atoms with Crippen molar-refractivity contribution in [1.29, 1.82) is 5.26 Å². The van der Waals surface area contributed by atoms with Gasteiger partial charge in [-0.1, -0.05) is 32.0 Å². The van der Waals surface area contributed by atoms with E-state index in [-0.39, 0.29) is 17.4 Å². The van der Waals surface area contributed by atoms with Crippen LogP contribution < -0.4 is 5.32 Å². The summed E-state index contributed by atoms with van der Waals surface area (Å²) < 4.78 is 13.4. The number of benzene rings is 1. The fraction of sp³-hybridized carbons (Fsp3) is 0.385. The minimum absolute atomic E-state index is 0.201. The third-order valence-corrected chi connectivity index (χ3v) is 2.24. The highest BCUT2D eigenvalue weighted by Gasteiger charge is 2.17. The Morgan fingerprint density at radius 3 is 2.65 bits per heavy atom. The topological polar surface area (TPSA) is 52.9 Å². The molecular weight excluding hydrogens is 219 g/mol. The lowest BCUT2D eigenvalue weighted by atomic mass is 10.1. The van der Waals surface area contributed by atoms with E-state index in [1.807, 2.05) is 19.9 Å². The number of nitrogens with one attached hydrogen (secondary N) is 1. The van der Waals surface area contributed by atoms with E-state index in [1.165, 1.54) is 12.1 Å². The fourth-order valence-corrected chi connectivity index (χ4v) is 1.48. The van der Waals surface area contributed by atoms with Gasteiger partial charge in [0.2, 0.25) is 5.91 Å². The van der Waals surface area contributed by atoms with Crippen molar-refractivity contribution < 1.29 is 9.18 Å². The average Bonchev–Trinajstić information content (AvgIpc) is 2.26. The van der Waals surface area contributed by atoms with Crippen molar-refractivity contribution in [2.75, 3.05) is 0 Å². The molecule has 3 nitrogen and oxygen atoms in total. The van der Waals surface area contributed by atoms with Gasteiger partial charge in [0, 0.05) is 12.0 Å². The molecule has 1 aromatic rings. The van der Waals surface area contributed by atoms with Gasteiger partial charge in [0.1, 0.15) is 11.9 Å². The average molecular weight is 234 g/mol. The molecular formula is C13H15FN2O. The molecule has 0 saturated heterocycles. The summed E-state index contributed by atoms with van der Waals surface area (Å²) >= 11 is 0. The zero-order valence-electron chi connectivity index (χ0n) is 9.90. The molecule has 0 aliphatic carbocycles. The Balaban J connectivity index is 2.77. The molecule has 0 saturated carbocycles. The summed E-state index contributed by atoms with van der Waals surface area (Å²) in [7, 11) is 0. The predicted molar refractivity (Wildman–Crippen MR) is 62.4 cm³/mol. The molecule has 0 fully saturated rings. The number of hydrogen-bond acceptors (Lipinski definition) is 2. The molecule has 0 aliphatic heterocycles. The largest absolute Gasteiger partial charge is 0.337 e. The number of nitriles is 1. The number of nitrogens with zero attached hydrogens (tertiary/aromatic N) is 1. The van der Waals surface area contributed by atoms with Crippen LogP contribution in [0.2, 0.25) is 0 Å². The van der Waals surface area contributed by atoms with Crippen LogP contribution in [0, 0.1) is 23.1 Å². The van der Waals surface area contributed by atoms with Crippen molar-refractivity contribution in [2.24, 2.45) is 5.92 Å². The van der Waals surface area contributed by atoms with Crippen LogP contribution in [0.3, 0.4) is 0 Å². The maximum Gasteiger partial charge on any atom is 0.221 e. The lowest BCUT2D eigenvalue weighted by Crippen LogP contribution is -2.29.